The molecule has 0 saturated heterocycles. The Bertz CT molecular complexity index is 1040. The molecule has 0 radical (unpaired) electrons. The number of thioether (sulfide) groups is 1. The van der Waals surface area contributed by atoms with Crippen molar-refractivity contribution in [1.82, 2.24) is 20.1 Å². The second-order valence-corrected chi connectivity index (χ2v) is 8.68. The number of nitrogens with zero attached hydrogens (tertiary/aromatic N) is 3. The first-order chi connectivity index (χ1) is 14.8. The van der Waals surface area contributed by atoms with Crippen molar-refractivity contribution in [3.8, 4) is 0 Å². The van der Waals surface area contributed by atoms with E-state index >= 15 is 0 Å². The molecule has 0 aliphatic heterocycles. The maximum Gasteiger partial charge on any atom is 0.251 e. The van der Waals surface area contributed by atoms with Crippen molar-refractivity contribution in [3.05, 3.63) is 71.0 Å². The number of hydrogen-bond donors (Lipinski definition) is 2. The molecular weight excluding hydrogens is 434 g/mol. The molecule has 2 amide bonds. The van der Waals surface area contributed by atoms with Crippen LogP contribution in [0.5, 0.6) is 0 Å². The van der Waals surface area contributed by atoms with Crippen LogP contribution in [0.25, 0.3) is 0 Å². The molecule has 7 nitrogen and oxygen atoms in total. The number of nitrogens with one attached hydrogen (secondary N) is 2. The van der Waals surface area contributed by atoms with Crippen molar-refractivity contribution < 1.29 is 9.59 Å². The molecule has 2 aromatic carbocycles. The van der Waals surface area contributed by atoms with Gasteiger partial charge in [0.1, 0.15) is 0 Å². The summed E-state index contributed by atoms with van der Waals surface area (Å²) in [6.07, 6.45) is 0. The van der Waals surface area contributed by atoms with Gasteiger partial charge in [0.25, 0.3) is 5.91 Å². The number of carbonyl (C=O) groups is 2. The number of anilines is 1. The van der Waals surface area contributed by atoms with Crippen LogP contribution in [0.4, 0.5) is 5.69 Å². The molecule has 0 aliphatic rings. The fourth-order valence-electron chi connectivity index (χ4n) is 2.93. The van der Waals surface area contributed by atoms with E-state index in [1.165, 1.54) is 11.8 Å². The van der Waals surface area contributed by atoms with E-state index < -0.39 is 0 Å². The Labute approximate surface area is 190 Å². The third-order valence-electron chi connectivity index (χ3n) is 4.60. The van der Waals surface area contributed by atoms with E-state index in [4.69, 9.17) is 11.6 Å². The molecule has 0 aliphatic carbocycles. The van der Waals surface area contributed by atoms with Crippen molar-refractivity contribution in [2.75, 3.05) is 11.1 Å². The molecule has 1 heterocycles. The predicted octanol–water partition coefficient (Wildman–Crippen LogP) is 4.33. The van der Waals surface area contributed by atoms with Crippen LogP contribution in [0, 0.1) is 5.92 Å². The zero-order chi connectivity index (χ0) is 22.4. The Balaban J connectivity index is 1.64. The van der Waals surface area contributed by atoms with E-state index in [-0.39, 0.29) is 29.5 Å². The Morgan fingerprint density at radius 1 is 1.06 bits per heavy atom. The van der Waals surface area contributed by atoms with Crippen LogP contribution < -0.4 is 10.6 Å². The smallest absolute Gasteiger partial charge is 0.251 e. The van der Waals surface area contributed by atoms with Gasteiger partial charge < -0.3 is 15.2 Å². The lowest BCUT2D eigenvalue weighted by molar-refractivity contribution is -0.113. The van der Waals surface area contributed by atoms with Crippen LogP contribution in [0.1, 0.15) is 36.1 Å². The Hall–Kier alpha value is -2.84. The quantitative estimate of drug-likeness (QED) is 0.491. The van der Waals surface area contributed by atoms with Gasteiger partial charge in [-0.1, -0.05) is 55.4 Å². The zero-order valence-electron chi connectivity index (χ0n) is 17.5. The first kappa shape index (κ1) is 22.8. The van der Waals surface area contributed by atoms with Gasteiger partial charge in [0.05, 0.1) is 11.8 Å². The summed E-state index contributed by atoms with van der Waals surface area (Å²) in [5.74, 6) is 0.590. The second kappa shape index (κ2) is 10.5. The summed E-state index contributed by atoms with van der Waals surface area (Å²) in [7, 11) is 1.83. The van der Waals surface area contributed by atoms with Crippen molar-refractivity contribution >= 4 is 40.9 Å². The van der Waals surface area contributed by atoms with Crippen LogP contribution >= 0.6 is 23.4 Å². The largest absolute Gasteiger partial charge is 0.342 e. The molecule has 2 N–H and O–H groups in total. The van der Waals surface area contributed by atoms with Crippen molar-refractivity contribution in [3.63, 3.8) is 0 Å². The molecule has 3 rings (SSSR count). The maximum absolute atomic E-state index is 12.6. The number of amides is 2. The van der Waals surface area contributed by atoms with Gasteiger partial charge in [-0.15, -0.1) is 10.2 Å². The third-order valence-corrected chi connectivity index (χ3v) is 5.87. The van der Waals surface area contributed by atoms with Crippen LogP contribution in [0.15, 0.2) is 59.8 Å². The molecule has 3 aromatic rings. The van der Waals surface area contributed by atoms with E-state index in [1.807, 2.05) is 43.7 Å². The predicted molar refractivity (Wildman–Crippen MR) is 123 cm³/mol. The summed E-state index contributed by atoms with van der Waals surface area (Å²) in [6, 6.07) is 15.7. The molecule has 1 aromatic heterocycles. The maximum atomic E-state index is 12.6. The highest BCUT2D eigenvalue weighted by molar-refractivity contribution is 7.99. The van der Waals surface area contributed by atoms with Gasteiger partial charge in [0, 0.05) is 23.3 Å². The summed E-state index contributed by atoms with van der Waals surface area (Å²) >= 11 is 7.14. The third kappa shape index (κ3) is 6.08. The SMILES string of the molecule is CC(C)[C@@H](NC(=O)c1ccccc1)c1nnc(SCC(=O)Nc2ccc(Cl)cc2)n1C. The highest BCUT2D eigenvalue weighted by atomic mass is 35.5. The average molecular weight is 458 g/mol. The minimum Gasteiger partial charge on any atom is -0.342 e. The highest BCUT2D eigenvalue weighted by Crippen LogP contribution is 2.24. The molecular formula is C22H24ClN5O2S. The number of aromatic nitrogens is 3. The van der Waals surface area contributed by atoms with E-state index in [9.17, 15) is 9.59 Å². The van der Waals surface area contributed by atoms with Gasteiger partial charge in [0.15, 0.2) is 11.0 Å². The fourth-order valence-corrected chi connectivity index (χ4v) is 3.77. The Morgan fingerprint density at radius 3 is 2.39 bits per heavy atom. The molecule has 0 spiro atoms. The Kier molecular flexibility index (Phi) is 7.70. The number of hydrogen-bond acceptors (Lipinski definition) is 5. The first-order valence-electron chi connectivity index (χ1n) is 9.78. The minimum atomic E-state index is -0.317. The van der Waals surface area contributed by atoms with Crippen molar-refractivity contribution in [1.29, 1.82) is 0 Å². The van der Waals surface area contributed by atoms with Crippen LogP contribution in [0.2, 0.25) is 5.02 Å². The molecule has 0 saturated carbocycles. The molecule has 9 heteroatoms. The molecule has 0 fully saturated rings. The second-order valence-electron chi connectivity index (χ2n) is 7.30. The lowest BCUT2D eigenvalue weighted by Gasteiger charge is -2.21. The van der Waals surface area contributed by atoms with Gasteiger partial charge in [-0.25, -0.2) is 0 Å². The summed E-state index contributed by atoms with van der Waals surface area (Å²) in [6.45, 7) is 4.02. The number of rotatable bonds is 8. The summed E-state index contributed by atoms with van der Waals surface area (Å²) < 4.78 is 1.82. The van der Waals surface area contributed by atoms with Crippen molar-refractivity contribution in [2.24, 2.45) is 13.0 Å². The van der Waals surface area contributed by atoms with Gasteiger partial charge in [-0.3, -0.25) is 9.59 Å². The normalized spacial score (nSPS) is 11.9. The molecule has 0 bridgehead atoms. The summed E-state index contributed by atoms with van der Waals surface area (Å²) in [4.78, 5) is 24.9. The van der Waals surface area contributed by atoms with Gasteiger partial charge in [-0.05, 0) is 42.3 Å². The highest BCUT2D eigenvalue weighted by Gasteiger charge is 2.25. The van der Waals surface area contributed by atoms with Crippen LogP contribution in [-0.4, -0.2) is 32.3 Å². The van der Waals surface area contributed by atoms with E-state index in [0.717, 1.165) is 0 Å². The molecule has 0 unspecified atom stereocenters. The van der Waals surface area contributed by atoms with Gasteiger partial charge >= 0.3 is 0 Å². The minimum absolute atomic E-state index is 0.0987. The fraction of sp³-hybridized carbons (Fsp3) is 0.273. The van der Waals surface area contributed by atoms with E-state index in [2.05, 4.69) is 20.8 Å². The Morgan fingerprint density at radius 2 is 1.74 bits per heavy atom. The van der Waals surface area contributed by atoms with E-state index in [1.54, 1.807) is 36.4 Å². The molecule has 1 atom stereocenters. The van der Waals surface area contributed by atoms with Crippen LogP contribution in [0.3, 0.4) is 0 Å². The topological polar surface area (TPSA) is 88.9 Å². The van der Waals surface area contributed by atoms with Crippen molar-refractivity contribution in [2.45, 2.75) is 25.0 Å². The lowest BCUT2D eigenvalue weighted by Crippen LogP contribution is -2.33. The zero-order valence-corrected chi connectivity index (χ0v) is 19.1. The van der Waals surface area contributed by atoms with E-state index in [0.29, 0.717) is 27.3 Å². The molecule has 31 heavy (non-hydrogen) atoms. The summed E-state index contributed by atoms with van der Waals surface area (Å²) in [5.41, 5.74) is 1.26. The standard InChI is InChI=1S/C22H24ClN5O2S/c1-14(2)19(25-21(30)15-7-5-4-6-8-15)20-26-27-22(28(20)3)31-13-18(29)24-17-11-9-16(23)10-12-17/h4-12,14,19H,13H2,1-3H3,(H,24,29)(H,25,30)/t19-/m1/s1. The lowest BCUT2D eigenvalue weighted by atomic mass is 10.0. The van der Waals surface area contributed by atoms with Crippen LogP contribution in [-0.2, 0) is 11.8 Å². The van der Waals surface area contributed by atoms with Gasteiger partial charge in [0.2, 0.25) is 5.91 Å². The number of halogens is 1. The average Bonchev–Trinajstić information content (AvgIpc) is 3.12. The molecule has 162 valence electrons. The number of carbonyl (C=O) groups excluding carboxylic acids is 2. The summed E-state index contributed by atoms with van der Waals surface area (Å²) in [5, 5.41) is 15.6. The number of benzene rings is 2. The van der Waals surface area contributed by atoms with Gasteiger partial charge in [-0.2, -0.15) is 0 Å². The monoisotopic (exact) mass is 457 g/mol. The first-order valence-corrected chi connectivity index (χ1v) is 11.1.